The Bertz CT molecular complexity index is 657. The molecule has 0 saturated heterocycles. The minimum Gasteiger partial charge on any atom is -0.493 e. The van der Waals surface area contributed by atoms with Crippen LogP contribution in [0.1, 0.15) is 40.0 Å². The molecular formula is C18H29NO4S. The summed E-state index contributed by atoms with van der Waals surface area (Å²) in [7, 11) is -0.565. The molecule has 1 N–H and O–H groups in total. The van der Waals surface area contributed by atoms with Crippen LogP contribution in [-0.2, 0) is 10.0 Å². The zero-order chi connectivity index (χ0) is 17.9. The Labute approximate surface area is 145 Å². The summed E-state index contributed by atoms with van der Waals surface area (Å²) >= 11 is 0. The predicted molar refractivity (Wildman–Crippen MR) is 95.0 cm³/mol. The topological polar surface area (TPSA) is 64.6 Å². The number of hydrogen-bond acceptors (Lipinski definition) is 4. The van der Waals surface area contributed by atoms with Gasteiger partial charge in [-0.05, 0) is 42.7 Å². The van der Waals surface area contributed by atoms with Gasteiger partial charge in [0, 0.05) is 12.1 Å². The van der Waals surface area contributed by atoms with Crippen LogP contribution in [0.5, 0.6) is 11.5 Å². The average Bonchev–Trinajstić information content (AvgIpc) is 2.53. The van der Waals surface area contributed by atoms with Gasteiger partial charge in [-0.1, -0.05) is 27.2 Å². The highest BCUT2D eigenvalue weighted by Gasteiger charge is 2.34. The van der Waals surface area contributed by atoms with E-state index in [-0.39, 0.29) is 10.9 Å². The maximum Gasteiger partial charge on any atom is 0.240 e. The minimum absolute atomic E-state index is 0.0214. The molecule has 5 nitrogen and oxygen atoms in total. The van der Waals surface area contributed by atoms with E-state index in [1.165, 1.54) is 20.3 Å². The van der Waals surface area contributed by atoms with Gasteiger partial charge in [-0.2, -0.15) is 0 Å². The highest BCUT2D eigenvalue weighted by atomic mass is 32.2. The molecule has 24 heavy (non-hydrogen) atoms. The van der Waals surface area contributed by atoms with Gasteiger partial charge in [0.25, 0.3) is 0 Å². The zero-order valence-electron chi connectivity index (χ0n) is 15.2. The quantitative estimate of drug-likeness (QED) is 0.849. The summed E-state index contributed by atoms with van der Waals surface area (Å²) < 4.78 is 39.0. The highest BCUT2D eigenvalue weighted by Crippen LogP contribution is 2.35. The lowest BCUT2D eigenvalue weighted by Crippen LogP contribution is -2.45. The molecule has 0 bridgehead atoms. The van der Waals surface area contributed by atoms with Gasteiger partial charge in [-0.3, -0.25) is 0 Å². The van der Waals surface area contributed by atoms with Crippen molar-refractivity contribution in [2.24, 2.45) is 17.8 Å². The molecule has 0 amide bonds. The molecule has 1 saturated carbocycles. The van der Waals surface area contributed by atoms with Crippen LogP contribution >= 0.6 is 0 Å². The van der Waals surface area contributed by atoms with Crippen molar-refractivity contribution < 1.29 is 17.9 Å². The summed E-state index contributed by atoms with van der Waals surface area (Å²) in [5.74, 6) is 2.30. The second-order valence-electron chi connectivity index (χ2n) is 7.07. The van der Waals surface area contributed by atoms with Crippen LogP contribution in [0.3, 0.4) is 0 Å². The minimum atomic E-state index is -3.59. The van der Waals surface area contributed by atoms with Gasteiger partial charge >= 0.3 is 0 Å². The van der Waals surface area contributed by atoms with Crippen molar-refractivity contribution in [3.05, 3.63) is 18.2 Å². The molecule has 1 fully saturated rings. The van der Waals surface area contributed by atoms with E-state index < -0.39 is 10.0 Å². The molecule has 1 aromatic carbocycles. The third-order valence-electron chi connectivity index (χ3n) is 4.99. The van der Waals surface area contributed by atoms with E-state index in [1.807, 2.05) is 0 Å². The zero-order valence-corrected chi connectivity index (χ0v) is 16.0. The molecule has 0 aromatic heterocycles. The normalized spacial score (nSPS) is 24.8. The van der Waals surface area contributed by atoms with Gasteiger partial charge < -0.3 is 9.47 Å². The molecule has 136 valence electrons. The Hall–Kier alpha value is -1.27. The Morgan fingerprint density at radius 2 is 1.79 bits per heavy atom. The number of rotatable bonds is 6. The third kappa shape index (κ3) is 4.22. The summed E-state index contributed by atoms with van der Waals surface area (Å²) in [6, 6.07) is 4.67. The summed E-state index contributed by atoms with van der Waals surface area (Å²) in [4.78, 5) is 0.209. The molecule has 0 heterocycles. The first-order chi connectivity index (χ1) is 11.3. The monoisotopic (exact) mass is 355 g/mol. The van der Waals surface area contributed by atoms with Crippen LogP contribution in [0.2, 0.25) is 0 Å². The third-order valence-corrected chi connectivity index (χ3v) is 6.48. The van der Waals surface area contributed by atoms with Crippen LogP contribution in [0.4, 0.5) is 0 Å². The van der Waals surface area contributed by atoms with Crippen molar-refractivity contribution in [1.82, 2.24) is 4.72 Å². The Morgan fingerprint density at radius 3 is 2.38 bits per heavy atom. The van der Waals surface area contributed by atoms with E-state index in [0.29, 0.717) is 29.3 Å². The largest absolute Gasteiger partial charge is 0.493 e. The molecule has 3 atom stereocenters. The van der Waals surface area contributed by atoms with E-state index in [0.717, 1.165) is 19.3 Å². The van der Waals surface area contributed by atoms with Crippen molar-refractivity contribution in [2.75, 3.05) is 14.2 Å². The number of benzene rings is 1. The summed E-state index contributed by atoms with van der Waals surface area (Å²) in [6.45, 7) is 6.52. The molecule has 0 radical (unpaired) electrons. The SMILES string of the molecule is COc1ccc(S(=O)(=O)N[C@@H]2C[C@H](C)CC[C@@H]2C(C)C)cc1OC. The summed E-state index contributed by atoms with van der Waals surface area (Å²) in [6.07, 6.45) is 3.12. The van der Waals surface area contributed by atoms with Crippen LogP contribution in [-0.4, -0.2) is 28.7 Å². The van der Waals surface area contributed by atoms with Gasteiger partial charge in [-0.15, -0.1) is 0 Å². The van der Waals surface area contributed by atoms with E-state index >= 15 is 0 Å². The smallest absolute Gasteiger partial charge is 0.240 e. The Kier molecular flexibility index (Phi) is 6.15. The molecule has 1 aromatic rings. The van der Waals surface area contributed by atoms with Crippen LogP contribution < -0.4 is 14.2 Å². The predicted octanol–water partition coefficient (Wildman–Crippen LogP) is 3.44. The number of ether oxygens (including phenoxy) is 2. The Morgan fingerprint density at radius 1 is 1.12 bits per heavy atom. The summed E-state index contributed by atoms with van der Waals surface area (Å²) in [5, 5.41) is 0. The maximum absolute atomic E-state index is 12.8. The van der Waals surface area contributed by atoms with Crippen molar-refractivity contribution in [3.63, 3.8) is 0 Å². The molecule has 1 aliphatic rings. The lowest BCUT2D eigenvalue weighted by molar-refractivity contribution is 0.188. The average molecular weight is 356 g/mol. The molecule has 2 rings (SSSR count). The molecule has 0 unspecified atom stereocenters. The second kappa shape index (κ2) is 7.74. The van der Waals surface area contributed by atoms with Gasteiger partial charge in [0.15, 0.2) is 11.5 Å². The van der Waals surface area contributed by atoms with Gasteiger partial charge in [0.05, 0.1) is 19.1 Å². The van der Waals surface area contributed by atoms with Crippen LogP contribution in [0.25, 0.3) is 0 Å². The number of hydrogen-bond donors (Lipinski definition) is 1. The fourth-order valence-corrected chi connectivity index (χ4v) is 4.90. The number of nitrogens with one attached hydrogen (secondary N) is 1. The van der Waals surface area contributed by atoms with Crippen LogP contribution in [0, 0.1) is 17.8 Å². The van der Waals surface area contributed by atoms with Crippen molar-refractivity contribution in [3.8, 4) is 11.5 Å². The first-order valence-corrected chi connectivity index (χ1v) is 10.0. The van der Waals surface area contributed by atoms with Crippen LogP contribution in [0.15, 0.2) is 23.1 Å². The van der Waals surface area contributed by atoms with E-state index in [4.69, 9.17) is 9.47 Å². The van der Waals surface area contributed by atoms with E-state index in [9.17, 15) is 8.42 Å². The molecule has 1 aliphatic carbocycles. The molecular weight excluding hydrogens is 326 g/mol. The molecule has 0 aliphatic heterocycles. The summed E-state index contributed by atoms with van der Waals surface area (Å²) in [5.41, 5.74) is 0. The van der Waals surface area contributed by atoms with E-state index in [2.05, 4.69) is 25.5 Å². The standard InChI is InChI=1S/C18H29NO4S/c1-12(2)15-8-6-13(3)10-16(15)19-24(20,21)14-7-9-17(22-4)18(11-14)23-5/h7,9,11-13,15-16,19H,6,8,10H2,1-5H3/t13-,15-,16-/m1/s1. The van der Waals surface area contributed by atoms with Gasteiger partial charge in [-0.25, -0.2) is 13.1 Å². The Balaban J connectivity index is 2.26. The number of methoxy groups -OCH3 is 2. The fourth-order valence-electron chi connectivity index (χ4n) is 3.59. The van der Waals surface area contributed by atoms with Crippen molar-refractivity contribution >= 4 is 10.0 Å². The van der Waals surface area contributed by atoms with E-state index in [1.54, 1.807) is 12.1 Å². The highest BCUT2D eigenvalue weighted by molar-refractivity contribution is 7.89. The lowest BCUT2D eigenvalue weighted by atomic mass is 9.74. The first-order valence-electron chi connectivity index (χ1n) is 8.52. The van der Waals surface area contributed by atoms with Crippen molar-refractivity contribution in [1.29, 1.82) is 0 Å². The van der Waals surface area contributed by atoms with Gasteiger partial charge in [0.2, 0.25) is 10.0 Å². The number of sulfonamides is 1. The second-order valence-corrected chi connectivity index (χ2v) is 8.78. The fraction of sp³-hybridized carbons (Fsp3) is 0.667. The first kappa shape index (κ1) is 19.1. The maximum atomic E-state index is 12.8. The molecule has 6 heteroatoms. The van der Waals surface area contributed by atoms with Gasteiger partial charge in [0.1, 0.15) is 0 Å². The lowest BCUT2D eigenvalue weighted by Gasteiger charge is -2.37. The molecule has 0 spiro atoms. The van der Waals surface area contributed by atoms with Crippen molar-refractivity contribution in [2.45, 2.75) is 51.0 Å².